The number of benzene rings is 2. The number of aliphatic carboxylic acids is 1. The molecule has 5 N–H and O–H groups in total. The van der Waals surface area contributed by atoms with E-state index in [1.165, 1.54) is 31.2 Å². The lowest BCUT2D eigenvalue weighted by Crippen LogP contribution is -2.43. The Balaban J connectivity index is 0.000000708. The van der Waals surface area contributed by atoms with Gasteiger partial charge in [-0.1, -0.05) is 6.92 Å². The van der Waals surface area contributed by atoms with E-state index in [2.05, 4.69) is 25.6 Å². The molecule has 11 nitrogen and oxygen atoms in total. The summed E-state index contributed by atoms with van der Waals surface area (Å²) in [6, 6.07) is 11.0. The van der Waals surface area contributed by atoms with Crippen LogP contribution in [0.15, 0.2) is 47.4 Å². The minimum absolute atomic E-state index is 0.00705. The van der Waals surface area contributed by atoms with E-state index in [1.54, 1.807) is 18.2 Å². The van der Waals surface area contributed by atoms with Crippen LogP contribution in [0, 0.1) is 0 Å². The van der Waals surface area contributed by atoms with E-state index in [0.717, 1.165) is 38.3 Å². The molecule has 40 heavy (non-hydrogen) atoms. The Bertz CT molecular complexity index is 1300. The molecule has 2 aromatic carbocycles. The van der Waals surface area contributed by atoms with Crippen LogP contribution in [0.5, 0.6) is 0 Å². The van der Waals surface area contributed by atoms with Crippen molar-refractivity contribution in [3.05, 3.63) is 48.0 Å². The number of halogens is 3. The van der Waals surface area contributed by atoms with Crippen LogP contribution in [0.2, 0.25) is 0 Å². The molecule has 220 valence electrons. The van der Waals surface area contributed by atoms with E-state index in [4.69, 9.17) is 9.90 Å². The molecule has 0 aromatic heterocycles. The Kier molecular flexibility index (Phi) is 11.3. The number of piperazine rings is 1. The van der Waals surface area contributed by atoms with E-state index >= 15 is 0 Å². The zero-order chi connectivity index (χ0) is 30.1. The SMILES string of the molecule is CCC(C)NC(=O)c1ccc(N2CCNCC2)c(NS(=O)(=O)c2ccc(NC(C)=O)cc2)c1.O=C(O)C(F)(F)F. The summed E-state index contributed by atoms with van der Waals surface area (Å²) in [4.78, 5) is 34.9. The second-order valence-electron chi connectivity index (χ2n) is 8.87. The second-order valence-corrected chi connectivity index (χ2v) is 10.5. The molecule has 1 fully saturated rings. The number of alkyl halides is 3. The molecule has 1 heterocycles. The van der Waals surface area contributed by atoms with Crippen molar-refractivity contribution < 1.29 is 41.1 Å². The maximum absolute atomic E-state index is 13.1. The number of amides is 2. The van der Waals surface area contributed by atoms with Gasteiger partial charge in [0.15, 0.2) is 0 Å². The van der Waals surface area contributed by atoms with Gasteiger partial charge in [0, 0.05) is 50.4 Å². The number of carbonyl (C=O) groups excluding carboxylic acids is 2. The smallest absolute Gasteiger partial charge is 0.475 e. The normalized spacial score (nSPS) is 14.3. The number of carboxylic acid groups (broad SMARTS) is 1. The highest BCUT2D eigenvalue weighted by molar-refractivity contribution is 7.92. The maximum atomic E-state index is 13.1. The number of nitrogens with zero attached hydrogens (tertiary/aromatic N) is 1. The first-order valence-corrected chi connectivity index (χ1v) is 13.7. The minimum Gasteiger partial charge on any atom is -0.475 e. The average molecular weight is 588 g/mol. The van der Waals surface area contributed by atoms with E-state index in [9.17, 15) is 31.2 Å². The predicted molar refractivity (Wildman–Crippen MR) is 144 cm³/mol. The van der Waals surface area contributed by atoms with Crippen molar-refractivity contribution >= 4 is 44.9 Å². The van der Waals surface area contributed by atoms with Gasteiger partial charge in [-0.25, -0.2) is 13.2 Å². The third-order valence-electron chi connectivity index (χ3n) is 5.68. The number of sulfonamides is 1. The Hall–Kier alpha value is -3.85. The highest BCUT2D eigenvalue weighted by Gasteiger charge is 2.38. The van der Waals surface area contributed by atoms with Gasteiger partial charge in [0.25, 0.3) is 15.9 Å². The van der Waals surface area contributed by atoms with Crippen molar-refractivity contribution in [3.8, 4) is 0 Å². The van der Waals surface area contributed by atoms with Crippen molar-refractivity contribution in [1.82, 2.24) is 10.6 Å². The molecule has 1 aliphatic heterocycles. The first-order valence-electron chi connectivity index (χ1n) is 12.2. The highest BCUT2D eigenvalue weighted by atomic mass is 32.2. The summed E-state index contributed by atoms with van der Waals surface area (Å²) >= 11 is 0. The zero-order valence-corrected chi connectivity index (χ0v) is 22.9. The molecule has 2 aromatic rings. The van der Waals surface area contributed by atoms with E-state index in [0.29, 0.717) is 16.9 Å². The number of hydrogen-bond acceptors (Lipinski definition) is 7. The van der Waals surface area contributed by atoms with Gasteiger partial charge in [-0.2, -0.15) is 13.2 Å². The molecule has 0 aliphatic carbocycles. The Morgan fingerprint density at radius 3 is 2.15 bits per heavy atom. The van der Waals surface area contributed by atoms with Gasteiger partial charge in [-0.05, 0) is 55.8 Å². The molecule has 15 heteroatoms. The quantitative estimate of drug-likeness (QED) is 0.316. The number of nitrogens with one attached hydrogen (secondary N) is 4. The third kappa shape index (κ3) is 9.72. The highest BCUT2D eigenvalue weighted by Crippen LogP contribution is 2.30. The largest absolute Gasteiger partial charge is 0.490 e. The lowest BCUT2D eigenvalue weighted by atomic mass is 10.1. The van der Waals surface area contributed by atoms with Gasteiger partial charge in [-0.3, -0.25) is 14.3 Å². The zero-order valence-electron chi connectivity index (χ0n) is 22.1. The fraction of sp³-hybridized carbons (Fsp3) is 0.400. The minimum atomic E-state index is -5.08. The van der Waals surface area contributed by atoms with Crippen LogP contribution in [-0.2, 0) is 19.6 Å². The summed E-state index contributed by atoms with van der Waals surface area (Å²) < 4.78 is 60.7. The number of rotatable bonds is 8. The molecule has 3 rings (SSSR count). The Labute approximate surface area is 230 Å². The van der Waals surface area contributed by atoms with Gasteiger partial charge in [0.1, 0.15) is 0 Å². The molecule has 0 saturated carbocycles. The number of carbonyl (C=O) groups is 3. The summed E-state index contributed by atoms with van der Waals surface area (Å²) in [6.45, 7) is 8.29. The topological polar surface area (TPSA) is 157 Å². The van der Waals surface area contributed by atoms with Crippen LogP contribution in [0.25, 0.3) is 0 Å². The van der Waals surface area contributed by atoms with Crippen molar-refractivity contribution in [2.75, 3.05) is 41.1 Å². The second kappa shape index (κ2) is 14.0. The first kappa shape index (κ1) is 32.4. The molecule has 2 amide bonds. The Morgan fingerprint density at radius 2 is 1.65 bits per heavy atom. The lowest BCUT2D eigenvalue weighted by molar-refractivity contribution is -0.192. The standard InChI is InChI=1S/C23H31N5O4S.C2HF3O2/c1-4-16(2)25-23(30)18-5-10-22(28-13-11-24-12-14-28)21(15-18)27-33(31,32)20-8-6-19(7-9-20)26-17(3)29;3-2(4,5)1(6)7/h5-10,15-16,24,27H,4,11-14H2,1-3H3,(H,25,30)(H,26,29);(H,6,7). The molecule has 0 spiro atoms. The number of carboxylic acids is 1. The van der Waals surface area contributed by atoms with Gasteiger partial charge >= 0.3 is 12.1 Å². The van der Waals surface area contributed by atoms with Crippen molar-refractivity contribution in [2.45, 2.75) is 44.3 Å². The average Bonchev–Trinajstić information content (AvgIpc) is 2.88. The number of anilines is 3. The van der Waals surface area contributed by atoms with Crippen molar-refractivity contribution in [1.29, 1.82) is 0 Å². The van der Waals surface area contributed by atoms with Crippen LogP contribution in [0.3, 0.4) is 0 Å². The van der Waals surface area contributed by atoms with Crippen LogP contribution in [0.1, 0.15) is 37.6 Å². The molecule has 1 aliphatic rings. The number of hydrogen-bond donors (Lipinski definition) is 5. The van der Waals surface area contributed by atoms with E-state index in [1.807, 2.05) is 13.8 Å². The van der Waals surface area contributed by atoms with Crippen LogP contribution in [0.4, 0.5) is 30.2 Å². The van der Waals surface area contributed by atoms with Gasteiger partial charge in [-0.15, -0.1) is 0 Å². The van der Waals surface area contributed by atoms with E-state index in [-0.39, 0.29) is 22.8 Å². The molecule has 1 atom stereocenters. The summed E-state index contributed by atoms with van der Waals surface area (Å²) in [7, 11) is -3.93. The molecule has 1 saturated heterocycles. The van der Waals surface area contributed by atoms with Gasteiger partial charge in [0.05, 0.1) is 16.3 Å². The van der Waals surface area contributed by atoms with Crippen molar-refractivity contribution in [3.63, 3.8) is 0 Å². The summed E-state index contributed by atoms with van der Waals surface area (Å²) in [5.74, 6) is -3.25. The van der Waals surface area contributed by atoms with E-state index < -0.39 is 22.2 Å². The summed E-state index contributed by atoms with van der Waals surface area (Å²) in [6.07, 6.45) is -4.29. The summed E-state index contributed by atoms with van der Waals surface area (Å²) in [5.41, 5.74) is 1.95. The van der Waals surface area contributed by atoms with Gasteiger partial charge < -0.3 is 26.0 Å². The predicted octanol–water partition coefficient (Wildman–Crippen LogP) is 3.02. The monoisotopic (exact) mass is 587 g/mol. The fourth-order valence-electron chi connectivity index (χ4n) is 3.47. The van der Waals surface area contributed by atoms with Crippen LogP contribution >= 0.6 is 0 Å². The summed E-state index contributed by atoms with van der Waals surface area (Å²) in [5, 5.41) is 15.9. The Morgan fingerprint density at radius 1 is 1.07 bits per heavy atom. The third-order valence-corrected chi connectivity index (χ3v) is 7.06. The molecular weight excluding hydrogens is 555 g/mol. The van der Waals surface area contributed by atoms with Gasteiger partial charge in [0.2, 0.25) is 5.91 Å². The molecular formula is C25H32F3N5O6S. The first-order chi connectivity index (χ1) is 18.6. The fourth-order valence-corrected chi connectivity index (χ4v) is 4.54. The van der Waals surface area contributed by atoms with Crippen LogP contribution < -0.4 is 25.6 Å². The maximum Gasteiger partial charge on any atom is 0.490 e. The molecule has 0 radical (unpaired) electrons. The molecule has 1 unspecified atom stereocenters. The molecule has 0 bridgehead atoms. The van der Waals surface area contributed by atoms with Crippen molar-refractivity contribution in [2.24, 2.45) is 0 Å². The lowest BCUT2D eigenvalue weighted by Gasteiger charge is -2.31. The van der Waals surface area contributed by atoms with Crippen LogP contribution in [-0.4, -0.2) is 69.7 Å².